The molecule has 6 nitrogen and oxygen atoms in total. The molecule has 0 aliphatic carbocycles. The van der Waals surface area contributed by atoms with Crippen LogP contribution in [0.15, 0.2) is 70.7 Å². The fraction of sp³-hybridized carbons (Fsp3) is 0.176. The second-order valence-corrected chi connectivity index (χ2v) is 6.72. The molecule has 0 atom stereocenters. The Balaban J connectivity index is 1.95. The highest BCUT2D eigenvalue weighted by molar-refractivity contribution is 7.89. The monoisotopic (exact) mass is 345 g/mol. The van der Waals surface area contributed by atoms with Gasteiger partial charge in [-0.2, -0.15) is 5.10 Å². The minimum absolute atomic E-state index is 0.111. The number of benzene rings is 2. The van der Waals surface area contributed by atoms with E-state index in [9.17, 15) is 13.2 Å². The summed E-state index contributed by atoms with van der Waals surface area (Å²) in [6.45, 7) is 1.54. The van der Waals surface area contributed by atoms with Crippen molar-refractivity contribution in [1.82, 2.24) is 10.1 Å². The van der Waals surface area contributed by atoms with Gasteiger partial charge in [0.2, 0.25) is 10.0 Å². The van der Waals surface area contributed by atoms with Crippen LogP contribution in [0.1, 0.15) is 18.9 Å². The normalized spacial score (nSPS) is 12.0. The molecule has 0 saturated carbocycles. The van der Waals surface area contributed by atoms with Gasteiger partial charge in [-0.1, -0.05) is 55.5 Å². The smallest absolute Gasteiger partial charge is 0.255 e. The Hall–Kier alpha value is -2.51. The van der Waals surface area contributed by atoms with E-state index in [1.54, 1.807) is 18.2 Å². The lowest BCUT2D eigenvalue weighted by atomic mass is 10.1. The van der Waals surface area contributed by atoms with Crippen LogP contribution in [0.2, 0.25) is 0 Å². The van der Waals surface area contributed by atoms with Crippen molar-refractivity contribution in [2.45, 2.75) is 18.2 Å². The summed E-state index contributed by atoms with van der Waals surface area (Å²) in [6, 6.07) is 17.3. The van der Waals surface area contributed by atoms with Crippen molar-refractivity contribution in [2.75, 3.05) is 6.54 Å². The molecule has 0 saturated heterocycles. The molecule has 2 N–H and O–H groups in total. The molecule has 0 bridgehead atoms. The van der Waals surface area contributed by atoms with Gasteiger partial charge in [0.1, 0.15) is 0 Å². The predicted octanol–water partition coefficient (Wildman–Crippen LogP) is 1.90. The average Bonchev–Trinajstić information content (AvgIpc) is 2.62. The van der Waals surface area contributed by atoms with Gasteiger partial charge in [0.15, 0.2) is 0 Å². The van der Waals surface area contributed by atoms with E-state index in [0.717, 1.165) is 11.3 Å². The Morgan fingerprint density at radius 2 is 1.58 bits per heavy atom. The van der Waals surface area contributed by atoms with E-state index in [1.165, 1.54) is 12.1 Å². The van der Waals surface area contributed by atoms with Crippen LogP contribution in [0, 0.1) is 0 Å². The molecule has 2 rings (SSSR count). The third kappa shape index (κ3) is 5.00. The molecule has 7 heteroatoms. The van der Waals surface area contributed by atoms with Gasteiger partial charge >= 0.3 is 0 Å². The Labute approximate surface area is 141 Å². The van der Waals surface area contributed by atoms with E-state index in [0.29, 0.717) is 6.42 Å². The molecule has 0 aromatic heterocycles. The van der Waals surface area contributed by atoms with Gasteiger partial charge in [0.25, 0.3) is 5.91 Å². The molecular weight excluding hydrogens is 326 g/mol. The van der Waals surface area contributed by atoms with Crippen LogP contribution in [-0.2, 0) is 14.8 Å². The van der Waals surface area contributed by atoms with Gasteiger partial charge in [0.05, 0.1) is 17.2 Å². The highest BCUT2D eigenvalue weighted by Gasteiger charge is 2.14. The van der Waals surface area contributed by atoms with Crippen molar-refractivity contribution in [3.63, 3.8) is 0 Å². The second-order valence-electron chi connectivity index (χ2n) is 4.95. The summed E-state index contributed by atoms with van der Waals surface area (Å²) < 4.78 is 26.3. The molecule has 2 aromatic rings. The molecule has 0 aliphatic rings. The number of hydrazone groups is 1. The predicted molar refractivity (Wildman–Crippen MR) is 93.0 cm³/mol. The third-order valence-corrected chi connectivity index (χ3v) is 4.65. The molecule has 2 aromatic carbocycles. The summed E-state index contributed by atoms with van der Waals surface area (Å²) in [5, 5.41) is 4.07. The fourth-order valence-electron chi connectivity index (χ4n) is 1.99. The van der Waals surface area contributed by atoms with Crippen LogP contribution < -0.4 is 10.1 Å². The van der Waals surface area contributed by atoms with Crippen molar-refractivity contribution in [3.05, 3.63) is 66.2 Å². The number of nitrogens with one attached hydrogen (secondary N) is 2. The first-order valence-electron chi connectivity index (χ1n) is 7.48. The Morgan fingerprint density at radius 3 is 2.17 bits per heavy atom. The Bertz CT molecular complexity index is 803. The zero-order valence-corrected chi connectivity index (χ0v) is 14.1. The first-order valence-corrected chi connectivity index (χ1v) is 8.97. The van der Waals surface area contributed by atoms with Crippen LogP contribution in [0.25, 0.3) is 0 Å². The maximum Gasteiger partial charge on any atom is 0.255 e. The third-order valence-electron chi connectivity index (χ3n) is 3.23. The lowest BCUT2D eigenvalue weighted by molar-refractivity contribution is -0.119. The standard InChI is InChI=1S/C17H19N3O3S/c1-2-16(14-9-5-3-6-10-14)19-20-17(21)13-18-24(22,23)15-11-7-4-8-12-15/h3-12,18H,2,13H2,1H3,(H,20,21)/b19-16-. The van der Waals surface area contributed by atoms with Crippen LogP contribution in [0.5, 0.6) is 0 Å². The number of sulfonamides is 1. The van der Waals surface area contributed by atoms with E-state index in [1.807, 2.05) is 37.3 Å². The molecule has 0 radical (unpaired) electrons. The van der Waals surface area contributed by atoms with Crippen molar-refractivity contribution < 1.29 is 13.2 Å². The second kappa shape index (κ2) is 8.37. The lowest BCUT2D eigenvalue weighted by Crippen LogP contribution is -2.35. The fourth-order valence-corrected chi connectivity index (χ4v) is 2.99. The minimum Gasteiger partial charge on any atom is -0.272 e. The molecule has 0 fully saturated rings. The summed E-state index contributed by atoms with van der Waals surface area (Å²) in [6.07, 6.45) is 0.639. The van der Waals surface area contributed by atoms with Gasteiger partial charge in [0, 0.05) is 0 Å². The molecule has 0 heterocycles. The van der Waals surface area contributed by atoms with E-state index in [2.05, 4.69) is 15.2 Å². The van der Waals surface area contributed by atoms with Crippen LogP contribution in [0.3, 0.4) is 0 Å². The summed E-state index contributed by atoms with van der Waals surface area (Å²) in [5.41, 5.74) is 4.00. The van der Waals surface area contributed by atoms with Crippen molar-refractivity contribution in [3.8, 4) is 0 Å². The number of hydrogen-bond donors (Lipinski definition) is 2. The SMILES string of the molecule is CC/C(=N/NC(=O)CNS(=O)(=O)c1ccccc1)c1ccccc1. The zero-order valence-electron chi connectivity index (χ0n) is 13.3. The highest BCUT2D eigenvalue weighted by atomic mass is 32.2. The van der Waals surface area contributed by atoms with Gasteiger partial charge in [-0.15, -0.1) is 0 Å². The largest absolute Gasteiger partial charge is 0.272 e. The maximum absolute atomic E-state index is 12.0. The molecule has 0 aliphatic heterocycles. The average molecular weight is 345 g/mol. The Morgan fingerprint density at radius 1 is 1.00 bits per heavy atom. The number of amides is 1. The van der Waals surface area contributed by atoms with E-state index in [-0.39, 0.29) is 11.4 Å². The maximum atomic E-state index is 12.0. The Kier molecular flexibility index (Phi) is 6.22. The summed E-state index contributed by atoms with van der Waals surface area (Å²) in [7, 11) is -3.71. The van der Waals surface area contributed by atoms with Crippen LogP contribution in [0.4, 0.5) is 0 Å². The lowest BCUT2D eigenvalue weighted by Gasteiger charge is -2.07. The topological polar surface area (TPSA) is 87.6 Å². The molecular formula is C17H19N3O3S. The van der Waals surface area contributed by atoms with Gasteiger partial charge in [-0.3, -0.25) is 4.79 Å². The number of nitrogens with zero attached hydrogens (tertiary/aromatic N) is 1. The molecule has 0 unspecified atom stereocenters. The molecule has 126 valence electrons. The van der Waals surface area contributed by atoms with Crippen molar-refractivity contribution in [1.29, 1.82) is 0 Å². The number of carbonyl (C=O) groups excluding carboxylic acids is 1. The van der Waals surface area contributed by atoms with Gasteiger partial charge < -0.3 is 0 Å². The van der Waals surface area contributed by atoms with Gasteiger partial charge in [-0.05, 0) is 24.1 Å². The van der Waals surface area contributed by atoms with E-state index in [4.69, 9.17) is 0 Å². The first kappa shape index (κ1) is 17.8. The molecule has 24 heavy (non-hydrogen) atoms. The van der Waals surface area contributed by atoms with E-state index >= 15 is 0 Å². The molecule has 0 spiro atoms. The summed E-state index contributed by atoms with van der Waals surface area (Å²) in [5.74, 6) is -0.531. The van der Waals surface area contributed by atoms with Crippen molar-refractivity contribution >= 4 is 21.6 Å². The van der Waals surface area contributed by atoms with E-state index < -0.39 is 15.9 Å². The number of hydrogen-bond acceptors (Lipinski definition) is 4. The summed E-state index contributed by atoms with van der Waals surface area (Å²) >= 11 is 0. The van der Waals surface area contributed by atoms with Crippen LogP contribution in [-0.4, -0.2) is 26.6 Å². The first-order chi connectivity index (χ1) is 11.5. The minimum atomic E-state index is -3.71. The van der Waals surface area contributed by atoms with Crippen molar-refractivity contribution in [2.24, 2.45) is 5.10 Å². The van der Waals surface area contributed by atoms with Gasteiger partial charge in [-0.25, -0.2) is 18.6 Å². The summed E-state index contributed by atoms with van der Waals surface area (Å²) in [4.78, 5) is 11.9. The number of carbonyl (C=O) groups is 1. The number of rotatable bonds is 7. The molecule has 1 amide bonds. The highest BCUT2D eigenvalue weighted by Crippen LogP contribution is 2.06. The quantitative estimate of drug-likeness (QED) is 0.593. The zero-order chi connectivity index (χ0) is 17.4. The van der Waals surface area contributed by atoms with Crippen LogP contribution >= 0.6 is 0 Å².